The minimum absolute atomic E-state index is 0.0160. The molecule has 3 N–H and O–H groups in total. The lowest BCUT2D eigenvalue weighted by molar-refractivity contribution is -0.119. The number of hydrogen-bond acceptors (Lipinski definition) is 5. The van der Waals surface area contributed by atoms with Crippen LogP contribution in [0, 0.1) is 19.8 Å². The van der Waals surface area contributed by atoms with E-state index in [1.807, 2.05) is 20.0 Å². The Bertz CT molecular complexity index is 1480. The molecule has 2 atom stereocenters. The standard InChI is InChI=1S/C24H26F2N6OS/c1-11(2)17-18-13(4)20(23-9-31(8-16(27)33)7-15(23)24(23,25)26)34-22(18)30-19(17)14-5-12(3)21-28-10-29-32(21)6-14/h5-6,10-11,15,30H,7-9H2,1-4H3,(H2,27,33). The van der Waals surface area contributed by atoms with Crippen LogP contribution in [0.25, 0.3) is 27.1 Å². The number of carbonyl (C=O) groups is 1. The molecular formula is C24H26F2N6OS. The van der Waals surface area contributed by atoms with Crippen LogP contribution in [0.2, 0.25) is 0 Å². The third-order valence-corrected chi connectivity index (χ3v) is 8.98. The largest absolute Gasteiger partial charge is 0.369 e. The number of hydrogen-bond donors (Lipinski definition) is 2. The summed E-state index contributed by atoms with van der Waals surface area (Å²) in [5, 5.41) is 5.33. The molecule has 1 saturated carbocycles. The number of pyridine rings is 1. The summed E-state index contributed by atoms with van der Waals surface area (Å²) in [6.45, 7) is 8.58. The van der Waals surface area contributed by atoms with Crippen molar-refractivity contribution in [3.05, 3.63) is 40.2 Å². The quantitative estimate of drug-likeness (QED) is 0.448. The van der Waals surface area contributed by atoms with Gasteiger partial charge in [-0.25, -0.2) is 18.3 Å². The number of rotatable bonds is 5. The Hall–Kier alpha value is -2.85. The molecule has 4 aromatic heterocycles. The molecule has 0 aromatic carbocycles. The number of H-pyrrole nitrogens is 1. The number of primary amides is 1. The van der Waals surface area contributed by atoms with Gasteiger partial charge >= 0.3 is 0 Å². The van der Waals surface area contributed by atoms with E-state index < -0.39 is 23.2 Å². The Morgan fingerprint density at radius 2 is 2.15 bits per heavy atom. The lowest BCUT2D eigenvalue weighted by Crippen LogP contribution is -2.38. The summed E-state index contributed by atoms with van der Waals surface area (Å²) in [4.78, 5) is 22.7. The van der Waals surface area contributed by atoms with Gasteiger partial charge in [-0.3, -0.25) is 9.69 Å². The number of nitrogens with one attached hydrogen (secondary N) is 1. The van der Waals surface area contributed by atoms with E-state index in [4.69, 9.17) is 5.73 Å². The molecule has 1 amide bonds. The molecule has 2 aliphatic rings. The summed E-state index contributed by atoms with van der Waals surface area (Å²) in [7, 11) is 0. The summed E-state index contributed by atoms with van der Waals surface area (Å²) in [6.07, 6.45) is 3.49. The average molecular weight is 485 g/mol. The van der Waals surface area contributed by atoms with E-state index in [1.54, 1.807) is 9.42 Å². The molecule has 1 saturated heterocycles. The topological polar surface area (TPSA) is 92.3 Å². The van der Waals surface area contributed by atoms with E-state index in [-0.39, 0.29) is 25.6 Å². The first-order chi connectivity index (χ1) is 16.1. The van der Waals surface area contributed by atoms with Crippen molar-refractivity contribution in [2.45, 2.75) is 45.0 Å². The molecular weight excluding hydrogens is 458 g/mol. The molecule has 34 heavy (non-hydrogen) atoms. The number of likely N-dealkylation sites (tertiary alicyclic amines) is 1. The van der Waals surface area contributed by atoms with Gasteiger partial charge < -0.3 is 10.7 Å². The lowest BCUT2D eigenvalue weighted by Gasteiger charge is -2.22. The fraction of sp³-hybridized carbons (Fsp3) is 0.458. The molecule has 4 aromatic rings. The van der Waals surface area contributed by atoms with Gasteiger partial charge in [0.05, 0.1) is 23.6 Å². The minimum atomic E-state index is -2.77. The van der Waals surface area contributed by atoms with Crippen molar-refractivity contribution in [2.75, 3.05) is 19.6 Å². The number of piperidine rings is 1. The number of fused-ring (bicyclic) bond motifs is 3. The Morgan fingerprint density at radius 3 is 2.85 bits per heavy atom. The number of aromatic nitrogens is 4. The number of carbonyl (C=O) groups excluding carboxylic acids is 1. The van der Waals surface area contributed by atoms with Gasteiger partial charge in [0.25, 0.3) is 5.92 Å². The number of aryl methyl sites for hydroxylation is 2. The smallest absolute Gasteiger partial charge is 0.265 e. The molecule has 7 nitrogen and oxygen atoms in total. The van der Waals surface area contributed by atoms with Crippen LogP contribution in [0.15, 0.2) is 18.6 Å². The molecule has 1 aliphatic carbocycles. The number of nitrogens with zero attached hydrogens (tertiary/aromatic N) is 4. The molecule has 0 spiro atoms. The highest BCUT2D eigenvalue weighted by Crippen LogP contribution is 2.72. The van der Waals surface area contributed by atoms with Gasteiger partial charge in [-0.1, -0.05) is 13.8 Å². The van der Waals surface area contributed by atoms with E-state index in [9.17, 15) is 4.79 Å². The number of aromatic amines is 1. The van der Waals surface area contributed by atoms with E-state index in [0.717, 1.165) is 48.7 Å². The van der Waals surface area contributed by atoms with Gasteiger partial charge in [0, 0.05) is 35.1 Å². The molecule has 6 rings (SSSR count). The SMILES string of the molecule is Cc1c(C23CN(CC(N)=O)CC2C3(F)F)sc2[nH]c(-c3cc(C)c4ncnn4c3)c(C(C)C)c12. The maximum absolute atomic E-state index is 15.1. The monoisotopic (exact) mass is 484 g/mol. The zero-order chi connectivity index (χ0) is 24.2. The van der Waals surface area contributed by atoms with Crippen molar-refractivity contribution in [1.82, 2.24) is 24.5 Å². The maximum atomic E-state index is 15.1. The molecule has 178 valence electrons. The summed E-state index contributed by atoms with van der Waals surface area (Å²) in [6, 6.07) is 2.09. The van der Waals surface area contributed by atoms with Crippen LogP contribution in [0.3, 0.4) is 0 Å². The second kappa shape index (κ2) is 6.85. The van der Waals surface area contributed by atoms with Crippen LogP contribution in [0.5, 0.6) is 0 Å². The fourth-order valence-electron chi connectivity index (χ4n) is 6.11. The summed E-state index contributed by atoms with van der Waals surface area (Å²) < 4.78 is 32.0. The number of alkyl halides is 2. The third kappa shape index (κ3) is 2.66. The fourth-order valence-corrected chi connectivity index (χ4v) is 7.61. The normalized spacial score (nSPS) is 23.9. The van der Waals surface area contributed by atoms with Crippen molar-refractivity contribution < 1.29 is 13.6 Å². The molecule has 10 heteroatoms. The molecule has 0 bridgehead atoms. The van der Waals surface area contributed by atoms with Crippen molar-refractivity contribution in [1.29, 1.82) is 0 Å². The van der Waals surface area contributed by atoms with Crippen LogP contribution >= 0.6 is 11.3 Å². The molecule has 0 radical (unpaired) electrons. The molecule has 2 fully saturated rings. The Balaban J connectivity index is 1.50. The predicted molar refractivity (Wildman–Crippen MR) is 127 cm³/mol. The van der Waals surface area contributed by atoms with Crippen molar-refractivity contribution >= 4 is 33.1 Å². The first kappa shape index (κ1) is 21.7. The highest BCUT2D eigenvalue weighted by molar-refractivity contribution is 7.19. The average Bonchev–Trinajstić information content (AvgIpc) is 3.36. The highest BCUT2D eigenvalue weighted by Gasteiger charge is 2.84. The molecule has 1 aliphatic heterocycles. The molecule has 5 heterocycles. The second-order valence-electron chi connectivity index (χ2n) is 10.1. The number of amides is 1. The van der Waals surface area contributed by atoms with Gasteiger partial charge in [-0.05, 0) is 42.5 Å². The van der Waals surface area contributed by atoms with Crippen molar-refractivity contribution in [3.8, 4) is 11.3 Å². The van der Waals surface area contributed by atoms with Gasteiger partial charge in [-0.2, -0.15) is 5.10 Å². The van der Waals surface area contributed by atoms with E-state index >= 15 is 8.78 Å². The van der Waals surface area contributed by atoms with Crippen LogP contribution in [0.1, 0.15) is 41.3 Å². The second-order valence-corrected chi connectivity index (χ2v) is 11.1. The van der Waals surface area contributed by atoms with Crippen molar-refractivity contribution in [2.24, 2.45) is 11.7 Å². The summed E-state index contributed by atoms with van der Waals surface area (Å²) >= 11 is 1.43. The zero-order valence-corrected chi connectivity index (χ0v) is 20.3. The van der Waals surface area contributed by atoms with Crippen LogP contribution in [-0.2, 0) is 10.2 Å². The van der Waals surface area contributed by atoms with Gasteiger partial charge in [-0.15, -0.1) is 11.3 Å². The van der Waals surface area contributed by atoms with Crippen LogP contribution in [0.4, 0.5) is 8.78 Å². The minimum Gasteiger partial charge on any atom is -0.369 e. The number of halogens is 2. The number of thiophene rings is 1. The van der Waals surface area contributed by atoms with Crippen LogP contribution < -0.4 is 5.73 Å². The van der Waals surface area contributed by atoms with Crippen LogP contribution in [-0.4, -0.2) is 55.9 Å². The lowest BCUT2D eigenvalue weighted by atomic mass is 9.92. The predicted octanol–water partition coefficient (Wildman–Crippen LogP) is 3.98. The highest BCUT2D eigenvalue weighted by atomic mass is 32.1. The number of nitrogens with two attached hydrogens (primary N) is 1. The Morgan fingerprint density at radius 1 is 1.38 bits per heavy atom. The first-order valence-corrected chi connectivity index (χ1v) is 12.2. The third-order valence-electron chi connectivity index (χ3n) is 7.59. The molecule has 2 unspecified atom stereocenters. The zero-order valence-electron chi connectivity index (χ0n) is 19.4. The van der Waals surface area contributed by atoms with E-state index in [1.165, 1.54) is 17.7 Å². The van der Waals surface area contributed by atoms with Gasteiger partial charge in [0.15, 0.2) is 5.65 Å². The Labute approximate surface area is 199 Å². The first-order valence-electron chi connectivity index (χ1n) is 11.4. The van der Waals surface area contributed by atoms with Gasteiger partial charge in [0.2, 0.25) is 5.91 Å². The van der Waals surface area contributed by atoms with Crippen molar-refractivity contribution in [3.63, 3.8) is 0 Å². The van der Waals surface area contributed by atoms with Gasteiger partial charge in [0.1, 0.15) is 11.2 Å². The summed E-state index contributed by atoms with van der Waals surface area (Å²) in [5.74, 6) is -3.86. The Kier molecular flexibility index (Phi) is 4.37. The maximum Gasteiger partial charge on any atom is 0.265 e. The summed E-state index contributed by atoms with van der Waals surface area (Å²) in [5.41, 5.74) is 9.94. The van der Waals surface area contributed by atoms with E-state index in [0.29, 0.717) is 0 Å². The van der Waals surface area contributed by atoms with E-state index in [2.05, 4.69) is 35.0 Å².